The molecule has 0 unspecified atom stereocenters. The van der Waals surface area contributed by atoms with Gasteiger partial charge in [-0.05, 0) is 50.6 Å². The van der Waals surface area contributed by atoms with Crippen molar-refractivity contribution < 1.29 is 17.2 Å². The highest BCUT2D eigenvalue weighted by atomic mass is 32.2. The van der Waals surface area contributed by atoms with E-state index in [1.807, 2.05) is 20.8 Å². The fourth-order valence-electron chi connectivity index (χ4n) is 2.66. The zero-order chi connectivity index (χ0) is 21.2. The Morgan fingerprint density at radius 3 is 2.24 bits per heavy atom. The Balaban J connectivity index is 1.59. The topological polar surface area (TPSA) is 102 Å². The third kappa shape index (κ3) is 4.40. The summed E-state index contributed by atoms with van der Waals surface area (Å²) in [7, 11) is -4.31. The van der Waals surface area contributed by atoms with E-state index in [4.69, 9.17) is 0 Å². The maximum Gasteiger partial charge on any atom is 0.246 e. The highest BCUT2D eigenvalue weighted by Crippen LogP contribution is 2.18. The van der Waals surface area contributed by atoms with E-state index in [2.05, 4.69) is 25.3 Å². The molecule has 2 heterocycles. The van der Waals surface area contributed by atoms with Crippen LogP contribution in [0.1, 0.15) is 17.0 Å². The molecular weight excluding hydrogens is 402 g/mol. The first kappa shape index (κ1) is 20.8. The van der Waals surface area contributed by atoms with Crippen LogP contribution in [0.4, 0.5) is 14.6 Å². The maximum absolute atomic E-state index is 13.7. The smallest absolute Gasteiger partial charge is 0.246 e. The Labute approximate surface area is 167 Å². The number of hydrogen-bond acceptors (Lipinski definition) is 6. The Kier molecular flexibility index (Phi) is 5.89. The minimum Gasteiger partial charge on any atom is -0.367 e. The quantitative estimate of drug-likeness (QED) is 0.567. The first-order chi connectivity index (χ1) is 13.7. The zero-order valence-corrected chi connectivity index (χ0v) is 16.9. The van der Waals surface area contributed by atoms with Crippen LogP contribution in [0.5, 0.6) is 0 Å². The molecule has 0 bridgehead atoms. The van der Waals surface area contributed by atoms with Crippen molar-refractivity contribution in [1.82, 2.24) is 24.7 Å². The molecule has 0 amide bonds. The van der Waals surface area contributed by atoms with Gasteiger partial charge in [0.05, 0.1) is 5.69 Å². The van der Waals surface area contributed by atoms with Gasteiger partial charge in [0, 0.05) is 18.8 Å². The molecule has 11 heteroatoms. The molecule has 8 nitrogen and oxygen atoms in total. The third-order valence-corrected chi connectivity index (χ3v) is 5.94. The molecule has 3 rings (SSSR count). The van der Waals surface area contributed by atoms with E-state index in [1.165, 1.54) is 0 Å². The molecule has 0 aliphatic carbocycles. The molecule has 0 fully saturated rings. The number of sulfonamides is 1. The van der Waals surface area contributed by atoms with Crippen LogP contribution in [0.2, 0.25) is 0 Å². The Morgan fingerprint density at radius 1 is 1.00 bits per heavy atom. The standard InChI is InChI=1S/C18H20F2N6O2S/c1-11-12(2)25-26(13(11)3)17-8-7-16(23-24-17)21-9-10-22-29(27,28)18-14(19)5-4-6-15(18)20/h4-8,22H,9-10H2,1-3H3,(H,21,23). The van der Waals surface area contributed by atoms with Gasteiger partial charge in [-0.15, -0.1) is 10.2 Å². The summed E-state index contributed by atoms with van der Waals surface area (Å²) in [5, 5.41) is 15.4. The van der Waals surface area contributed by atoms with Gasteiger partial charge < -0.3 is 5.32 Å². The lowest BCUT2D eigenvalue weighted by Gasteiger charge is -2.10. The van der Waals surface area contributed by atoms with Crippen molar-refractivity contribution in [3.05, 3.63) is 58.9 Å². The van der Waals surface area contributed by atoms with E-state index in [1.54, 1.807) is 16.8 Å². The molecule has 0 spiro atoms. The average Bonchev–Trinajstić information content (AvgIpc) is 2.93. The summed E-state index contributed by atoms with van der Waals surface area (Å²) in [5.74, 6) is -1.32. The van der Waals surface area contributed by atoms with Crippen LogP contribution in [-0.4, -0.2) is 41.5 Å². The highest BCUT2D eigenvalue weighted by molar-refractivity contribution is 7.89. The van der Waals surface area contributed by atoms with Crippen LogP contribution in [0.3, 0.4) is 0 Å². The highest BCUT2D eigenvalue weighted by Gasteiger charge is 2.23. The summed E-state index contributed by atoms with van der Waals surface area (Å²) in [5.41, 5.74) is 2.95. The summed E-state index contributed by atoms with van der Waals surface area (Å²) < 4.78 is 55.3. The second-order valence-electron chi connectivity index (χ2n) is 6.36. The molecule has 3 aromatic rings. The fourth-order valence-corrected chi connectivity index (χ4v) is 3.83. The van der Waals surface area contributed by atoms with Crippen LogP contribution < -0.4 is 10.0 Å². The third-order valence-electron chi connectivity index (χ3n) is 4.43. The number of rotatable bonds is 7. The number of anilines is 1. The first-order valence-corrected chi connectivity index (χ1v) is 10.2. The SMILES string of the molecule is Cc1nn(-c2ccc(NCCNS(=O)(=O)c3c(F)cccc3F)nn2)c(C)c1C. The summed E-state index contributed by atoms with van der Waals surface area (Å²) in [6, 6.07) is 6.28. The normalized spacial score (nSPS) is 11.6. The largest absolute Gasteiger partial charge is 0.367 e. The van der Waals surface area contributed by atoms with E-state index in [-0.39, 0.29) is 13.1 Å². The zero-order valence-electron chi connectivity index (χ0n) is 16.1. The fraction of sp³-hybridized carbons (Fsp3) is 0.278. The lowest BCUT2D eigenvalue weighted by Crippen LogP contribution is -2.30. The van der Waals surface area contributed by atoms with E-state index in [9.17, 15) is 17.2 Å². The summed E-state index contributed by atoms with van der Waals surface area (Å²) >= 11 is 0. The predicted octanol–water partition coefficient (Wildman–Crippen LogP) is 2.26. The summed E-state index contributed by atoms with van der Waals surface area (Å²) in [4.78, 5) is -0.996. The molecule has 0 saturated carbocycles. The monoisotopic (exact) mass is 422 g/mol. The lowest BCUT2D eigenvalue weighted by atomic mass is 10.2. The van der Waals surface area contributed by atoms with Crippen molar-refractivity contribution in [2.24, 2.45) is 0 Å². The lowest BCUT2D eigenvalue weighted by molar-refractivity contribution is 0.514. The Bertz CT molecular complexity index is 1110. The summed E-state index contributed by atoms with van der Waals surface area (Å²) in [6.45, 7) is 5.87. The number of nitrogens with zero attached hydrogens (tertiary/aromatic N) is 4. The van der Waals surface area contributed by atoms with Crippen LogP contribution in [0.15, 0.2) is 35.2 Å². The first-order valence-electron chi connectivity index (χ1n) is 8.75. The van der Waals surface area contributed by atoms with Crippen LogP contribution in [0.25, 0.3) is 5.82 Å². The van der Waals surface area contributed by atoms with E-state index in [0.29, 0.717) is 11.6 Å². The van der Waals surface area contributed by atoms with Crippen molar-refractivity contribution in [3.63, 3.8) is 0 Å². The number of nitrogens with one attached hydrogen (secondary N) is 2. The van der Waals surface area contributed by atoms with E-state index in [0.717, 1.165) is 35.2 Å². The second-order valence-corrected chi connectivity index (χ2v) is 8.06. The Hall–Kier alpha value is -2.92. The van der Waals surface area contributed by atoms with Crippen molar-refractivity contribution in [2.45, 2.75) is 25.7 Å². The molecular formula is C18H20F2N6O2S. The minimum absolute atomic E-state index is 0.101. The van der Waals surface area contributed by atoms with Crippen molar-refractivity contribution >= 4 is 15.8 Å². The molecule has 0 saturated heterocycles. The van der Waals surface area contributed by atoms with Gasteiger partial charge in [-0.3, -0.25) is 0 Å². The van der Waals surface area contributed by atoms with Gasteiger partial charge in [0.2, 0.25) is 10.0 Å². The molecule has 1 aromatic carbocycles. The number of aromatic nitrogens is 4. The molecule has 2 aromatic heterocycles. The van der Waals surface area contributed by atoms with Crippen LogP contribution in [0, 0.1) is 32.4 Å². The predicted molar refractivity (Wildman–Crippen MR) is 103 cm³/mol. The molecule has 0 aliphatic rings. The van der Waals surface area contributed by atoms with Gasteiger partial charge in [0.25, 0.3) is 0 Å². The Morgan fingerprint density at radius 2 is 1.69 bits per heavy atom. The molecule has 0 aliphatic heterocycles. The number of halogens is 2. The number of benzene rings is 1. The van der Waals surface area contributed by atoms with Crippen LogP contribution >= 0.6 is 0 Å². The van der Waals surface area contributed by atoms with Gasteiger partial charge >= 0.3 is 0 Å². The molecule has 154 valence electrons. The molecule has 2 N–H and O–H groups in total. The van der Waals surface area contributed by atoms with Gasteiger partial charge in [0.1, 0.15) is 17.5 Å². The van der Waals surface area contributed by atoms with E-state index >= 15 is 0 Å². The van der Waals surface area contributed by atoms with Gasteiger partial charge in [0.15, 0.2) is 10.7 Å². The molecule has 29 heavy (non-hydrogen) atoms. The van der Waals surface area contributed by atoms with Gasteiger partial charge in [-0.25, -0.2) is 26.6 Å². The summed E-state index contributed by atoms with van der Waals surface area (Å²) in [6.07, 6.45) is 0. The second kappa shape index (κ2) is 8.21. The van der Waals surface area contributed by atoms with Gasteiger partial charge in [-0.1, -0.05) is 6.07 Å². The van der Waals surface area contributed by atoms with Crippen molar-refractivity contribution in [3.8, 4) is 5.82 Å². The average molecular weight is 422 g/mol. The number of aryl methyl sites for hydroxylation is 1. The number of hydrogen-bond donors (Lipinski definition) is 2. The van der Waals surface area contributed by atoms with Crippen LogP contribution in [-0.2, 0) is 10.0 Å². The van der Waals surface area contributed by atoms with Crippen molar-refractivity contribution in [2.75, 3.05) is 18.4 Å². The van der Waals surface area contributed by atoms with Gasteiger partial charge in [-0.2, -0.15) is 5.10 Å². The van der Waals surface area contributed by atoms with E-state index < -0.39 is 26.6 Å². The van der Waals surface area contributed by atoms with Crippen molar-refractivity contribution in [1.29, 1.82) is 0 Å². The maximum atomic E-state index is 13.7. The molecule has 0 atom stereocenters. The molecule has 0 radical (unpaired) electrons. The minimum atomic E-state index is -4.31.